The Hall–Kier alpha value is -1.15. The van der Waals surface area contributed by atoms with Crippen LogP contribution < -0.4 is 5.14 Å². The van der Waals surface area contributed by atoms with Crippen LogP contribution in [0.2, 0.25) is 0 Å². The van der Waals surface area contributed by atoms with Crippen LogP contribution in [-0.2, 0) is 10.0 Å². The molecule has 0 fully saturated rings. The Morgan fingerprint density at radius 1 is 1.47 bits per heavy atom. The van der Waals surface area contributed by atoms with Crippen LogP contribution in [0, 0.1) is 12.9 Å². The van der Waals surface area contributed by atoms with Gasteiger partial charge in [-0.3, -0.25) is 0 Å². The molecule has 0 bridgehead atoms. The summed E-state index contributed by atoms with van der Waals surface area (Å²) < 4.78 is 58.9. The van der Waals surface area contributed by atoms with Gasteiger partial charge in [-0.15, -0.1) is 0 Å². The van der Waals surface area contributed by atoms with Crippen LogP contribution in [0.15, 0.2) is 11.1 Å². The zero-order valence-corrected chi connectivity index (χ0v) is 8.35. The molecule has 1 heterocycles. The van der Waals surface area contributed by atoms with Crippen molar-refractivity contribution in [2.45, 2.75) is 18.4 Å². The van der Waals surface area contributed by atoms with E-state index in [2.05, 4.69) is 4.98 Å². The van der Waals surface area contributed by atoms with Crippen molar-refractivity contribution >= 4 is 10.0 Å². The summed E-state index contributed by atoms with van der Waals surface area (Å²) in [6.07, 6.45) is -3.05. The van der Waals surface area contributed by atoms with Crippen LogP contribution in [0.25, 0.3) is 0 Å². The first kappa shape index (κ1) is 11.9. The van der Waals surface area contributed by atoms with E-state index in [4.69, 9.17) is 5.14 Å². The predicted molar refractivity (Wildman–Crippen MR) is 45.3 cm³/mol. The molecule has 0 aliphatic heterocycles. The molecule has 4 nitrogen and oxygen atoms in total. The number of rotatable bonds is 2. The molecule has 2 N–H and O–H groups in total. The molecule has 0 atom stereocenters. The molecule has 1 aromatic heterocycles. The zero-order valence-electron chi connectivity index (χ0n) is 7.54. The molecule has 1 rings (SSSR count). The van der Waals surface area contributed by atoms with Gasteiger partial charge in [0.2, 0.25) is 5.95 Å². The van der Waals surface area contributed by atoms with Crippen LogP contribution in [0.4, 0.5) is 13.2 Å². The Kier molecular flexibility index (Phi) is 3.00. The molecule has 0 spiro atoms. The van der Waals surface area contributed by atoms with E-state index in [1.54, 1.807) is 0 Å². The van der Waals surface area contributed by atoms with E-state index < -0.39 is 33.0 Å². The number of sulfonamides is 1. The van der Waals surface area contributed by atoms with Gasteiger partial charge in [-0.25, -0.2) is 27.3 Å². The van der Waals surface area contributed by atoms with Crippen molar-refractivity contribution in [3.8, 4) is 0 Å². The molecule has 0 aliphatic carbocycles. The predicted octanol–water partition coefficient (Wildman–Crippen LogP) is 1.11. The number of halogens is 3. The molecule has 0 radical (unpaired) electrons. The quantitative estimate of drug-likeness (QED) is 0.787. The summed E-state index contributed by atoms with van der Waals surface area (Å²) >= 11 is 0. The molecular formula is C7H7F3N2O2S. The third-order valence-electron chi connectivity index (χ3n) is 1.65. The topological polar surface area (TPSA) is 73.0 Å². The molecule has 0 amide bonds. The van der Waals surface area contributed by atoms with Crippen molar-refractivity contribution in [2.75, 3.05) is 0 Å². The molecule has 0 aliphatic rings. The van der Waals surface area contributed by atoms with Crippen LogP contribution in [0.1, 0.15) is 17.6 Å². The molecule has 8 heteroatoms. The van der Waals surface area contributed by atoms with Gasteiger partial charge >= 0.3 is 0 Å². The van der Waals surface area contributed by atoms with Crippen molar-refractivity contribution < 1.29 is 21.6 Å². The van der Waals surface area contributed by atoms with E-state index in [0.717, 1.165) is 0 Å². The third kappa shape index (κ3) is 2.45. The fourth-order valence-electron chi connectivity index (χ4n) is 1.04. The smallest absolute Gasteiger partial charge is 0.223 e. The fraction of sp³-hybridized carbons (Fsp3) is 0.286. The second-order valence-electron chi connectivity index (χ2n) is 2.84. The number of alkyl halides is 2. The van der Waals surface area contributed by atoms with Gasteiger partial charge in [0.1, 0.15) is 0 Å². The van der Waals surface area contributed by atoms with Gasteiger partial charge in [-0.1, -0.05) is 0 Å². The molecule has 0 saturated heterocycles. The summed E-state index contributed by atoms with van der Waals surface area (Å²) in [5, 5.41) is 3.98. The number of hydrogen-bond donors (Lipinski definition) is 1. The van der Waals surface area contributed by atoms with Crippen molar-refractivity contribution in [3.63, 3.8) is 0 Å². The van der Waals surface area contributed by atoms with Gasteiger partial charge in [-0.2, -0.15) is 4.39 Å². The summed E-state index contributed by atoms with van der Waals surface area (Å²) in [4.78, 5) is 2.91. The fourth-order valence-corrected chi connectivity index (χ4v) is 1.75. The minimum absolute atomic E-state index is 0.116. The minimum Gasteiger partial charge on any atom is -0.223 e. The Morgan fingerprint density at radius 3 is 2.40 bits per heavy atom. The molecule has 0 aromatic carbocycles. The Balaban J connectivity index is 3.46. The van der Waals surface area contributed by atoms with Gasteiger partial charge in [0.15, 0.2) is 5.03 Å². The first-order valence-corrected chi connectivity index (χ1v) is 5.26. The lowest BCUT2D eigenvalue weighted by Gasteiger charge is -2.06. The summed E-state index contributed by atoms with van der Waals surface area (Å²) in [5.74, 6) is -1.53. The monoisotopic (exact) mass is 240 g/mol. The average Bonchev–Trinajstić information content (AvgIpc) is 2.06. The lowest BCUT2D eigenvalue weighted by atomic mass is 10.2. The molecule has 1 aromatic rings. The van der Waals surface area contributed by atoms with Crippen molar-refractivity contribution in [2.24, 2.45) is 5.14 Å². The summed E-state index contributed by atoms with van der Waals surface area (Å²) in [5.41, 5.74) is -1.06. The number of aromatic nitrogens is 1. The second kappa shape index (κ2) is 3.78. The number of hydrogen-bond acceptors (Lipinski definition) is 3. The maximum atomic E-state index is 12.9. The summed E-state index contributed by atoms with van der Waals surface area (Å²) in [7, 11) is -4.19. The number of aryl methyl sites for hydroxylation is 1. The van der Waals surface area contributed by atoms with Crippen molar-refractivity contribution in [1.82, 2.24) is 4.98 Å². The van der Waals surface area contributed by atoms with Crippen LogP contribution in [0.3, 0.4) is 0 Å². The van der Waals surface area contributed by atoms with Gasteiger partial charge in [0.05, 0.1) is 5.56 Å². The average molecular weight is 240 g/mol. The highest BCUT2D eigenvalue weighted by Crippen LogP contribution is 2.24. The molecular weight excluding hydrogens is 233 g/mol. The highest BCUT2D eigenvalue weighted by Gasteiger charge is 2.21. The Morgan fingerprint density at radius 2 is 2.00 bits per heavy atom. The SMILES string of the molecule is Cc1cc(C(F)F)c(F)nc1S(N)(=O)=O. The summed E-state index contributed by atoms with van der Waals surface area (Å²) in [6.45, 7) is 1.21. The zero-order chi connectivity index (χ0) is 11.8. The number of pyridine rings is 1. The first-order valence-electron chi connectivity index (χ1n) is 3.71. The highest BCUT2D eigenvalue weighted by molar-refractivity contribution is 7.89. The van der Waals surface area contributed by atoms with Gasteiger partial charge in [0.25, 0.3) is 16.4 Å². The van der Waals surface area contributed by atoms with Crippen LogP contribution in [0.5, 0.6) is 0 Å². The lowest BCUT2D eigenvalue weighted by Crippen LogP contribution is -2.17. The van der Waals surface area contributed by atoms with Gasteiger partial charge in [0, 0.05) is 0 Å². The normalized spacial score (nSPS) is 12.1. The van der Waals surface area contributed by atoms with Crippen molar-refractivity contribution in [1.29, 1.82) is 0 Å². The number of nitrogens with two attached hydrogens (primary N) is 1. The Bertz CT molecular complexity index is 487. The molecule has 84 valence electrons. The van der Waals surface area contributed by atoms with E-state index >= 15 is 0 Å². The van der Waals surface area contributed by atoms with E-state index in [1.807, 2.05) is 0 Å². The third-order valence-corrected chi connectivity index (χ3v) is 2.60. The van der Waals surface area contributed by atoms with E-state index in [0.29, 0.717) is 6.07 Å². The molecule has 0 saturated carbocycles. The number of nitrogens with zero attached hydrogens (tertiary/aromatic N) is 1. The van der Waals surface area contributed by atoms with E-state index in [1.165, 1.54) is 6.92 Å². The standard InChI is InChI=1S/C7H7F3N2O2S/c1-3-2-4(5(8)9)6(10)12-7(3)15(11,13)14/h2,5H,1H3,(H2,11,13,14). The first-order chi connectivity index (χ1) is 6.73. The maximum absolute atomic E-state index is 12.9. The van der Waals surface area contributed by atoms with E-state index in [9.17, 15) is 21.6 Å². The molecule has 0 unspecified atom stereocenters. The van der Waals surface area contributed by atoms with Gasteiger partial charge < -0.3 is 0 Å². The lowest BCUT2D eigenvalue weighted by molar-refractivity contribution is 0.144. The van der Waals surface area contributed by atoms with Gasteiger partial charge in [-0.05, 0) is 18.6 Å². The van der Waals surface area contributed by atoms with Crippen molar-refractivity contribution in [3.05, 3.63) is 23.1 Å². The minimum atomic E-state index is -4.19. The second-order valence-corrected chi connectivity index (χ2v) is 4.31. The number of primary sulfonamides is 1. The maximum Gasteiger partial charge on any atom is 0.268 e. The molecule has 15 heavy (non-hydrogen) atoms. The largest absolute Gasteiger partial charge is 0.268 e. The van der Waals surface area contributed by atoms with Crippen LogP contribution >= 0.6 is 0 Å². The van der Waals surface area contributed by atoms with Crippen LogP contribution in [-0.4, -0.2) is 13.4 Å². The van der Waals surface area contributed by atoms with E-state index in [-0.39, 0.29) is 5.56 Å². The highest BCUT2D eigenvalue weighted by atomic mass is 32.2. The summed E-state index contributed by atoms with van der Waals surface area (Å²) in [6, 6.07) is 0.715. The Labute approximate surface area is 84.0 Å².